The Bertz CT molecular complexity index is 1360. The zero-order valence-corrected chi connectivity index (χ0v) is 19.0. The van der Waals surface area contributed by atoms with Crippen molar-refractivity contribution in [3.8, 4) is 11.1 Å². The van der Waals surface area contributed by atoms with Crippen LogP contribution in [-0.4, -0.2) is 32.5 Å². The summed E-state index contributed by atoms with van der Waals surface area (Å²) >= 11 is 0. The lowest BCUT2D eigenvalue weighted by molar-refractivity contribution is 0.0688. The van der Waals surface area contributed by atoms with E-state index >= 15 is 0 Å². The highest BCUT2D eigenvalue weighted by molar-refractivity contribution is 5.94. The molecule has 6 nitrogen and oxygen atoms in total. The van der Waals surface area contributed by atoms with Crippen LogP contribution in [0.5, 0.6) is 0 Å². The first-order chi connectivity index (χ1) is 16.5. The molecule has 176 valence electrons. The lowest BCUT2D eigenvalue weighted by Gasteiger charge is -2.25. The van der Waals surface area contributed by atoms with E-state index in [4.69, 9.17) is 4.74 Å². The van der Waals surface area contributed by atoms with Crippen molar-refractivity contribution in [3.05, 3.63) is 82.7 Å². The van der Waals surface area contributed by atoms with E-state index in [2.05, 4.69) is 10.1 Å². The second kappa shape index (κ2) is 9.46. The van der Waals surface area contributed by atoms with E-state index in [0.717, 1.165) is 12.1 Å². The van der Waals surface area contributed by atoms with Gasteiger partial charge in [-0.25, -0.2) is 13.8 Å². The number of hydrogen-bond donors (Lipinski definition) is 0. The summed E-state index contributed by atoms with van der Waals surface area (Å²) in [4.78, 5) is 17.4. The molecule has 1 saturated heterocycles. The summed E-state index contributed by atoms with van der Waals surface area (Å²) in [5.41, 5.74) is 1.61. The van der Waals surface area contributed by atoms with Crippen LogP contribution in [0.25, 0.3) is 22.0 Å². The smallest absolute Gasteiger partial charge is 0.277 e. The van der Waals surface area contributed by atoms with Crippen molar-refractivity contribution in [2.45, 2.75) is 44.7 Å². The molecule has 0 radical (unpaired) electrons. The van der Waals surface area contributed by atoms with Crippen LogP contribution in [-0.2, 0) is 4.74 Å². The van der Waals surface area contributed by atoms with Crippen LogP contribution in [0.1, 0.15) is 43.5 Å². The summed E-state index contributed by atoms with van der Waals surface area (Å²) in [7, 11) is 0. The molecule has 4 heterocycles. The van der Waals surface area contributed by atoms with Gasteiger partial charge in [-0.3, -0.25) is 9.48 Å². The van der Waals surface area contributed by atoms with Crippen molar-refractivity contribution in [2.75, 3.05) is 13.2 Å². The number of nitrogens with zero attached hydrogens (tertiary/aromatic N) is 4. The predicted octanol–water partition coefficient (Wildman–Crippen LogP) is 5.22. The number of rotatable bonds is 3. The van der Waals surface area contributed by atoms with Gasteiger partial charge in [0, 0.05) is 66.1 Å². The normalized spacial score (nSPS) is 16.3. The van der Waals surface area contributed by atoms with E-state index in [0.29, 0.717) is 48.2 Å². The number of halogens is 2. The monoisotopic (exact) mass is 464 g/mol. The van der Waals surface area contributed by atoms with Crippen LogP contribution in [0.4, 0.5) is 8.78 Å². The van der Waals surface area contributed by atoms with Gasteiger partial charge in [0.25, 0.3) is 5.56 Å². The molecule has 0 unspecified atom stereocenters. The Kier molecular flexibility index (Phi) is 6.24. The zero-order chi connectivity index (χ0) is 23.7. The minimum Gasteiger partial charge on any atom is -0.381 e. The van der Waals surface area contributed by atoms with Crippen molar-refractivity contribution in [1.82, 2.24) is 19.3 Å². The molecule has 6 rings (SSSR count). The van der Waals surface area contributed by atoms with Gasteiger partial charge in [-0.2, -0.15) is 5.10 Å². The van der Waals surface area contributed by atoms with Crippen molar-refractivity contribution in [3.63, 3.8) is 0 Å². The fourth-order valence-electron chi connectivity index (χ4n) is 4.32. The molecule has 4 aromatic rings. The standard InChI is InChI=1S/C20H18F2N2O2.C6H8N2/c1-12-2-4-16-17(15-5-3-13(21)10-18(15)22)11-24(20(25)19(16)23-12)14-6-8-26-9-7-14;1-4-7-8(5-1)6-2-3-6/h2-5,10-11,14H,6-9H2,1H3;1,4-6H,2-3H2. The maximum Gasteiger partial charge on any atom is 0.277 e. The first-order valence-electron chi connectivity index (χ1n) is 11.6. The minimum absolute atomic E-state index is 0.0229. The molecular weight excluding hydrogens is 438 g/mol. The second-order valence-corrected chi connectivity index (χ2v) is 8.79. The first kappa shape index (κ1) is 22.4. The molecule has 3 aromatic heterocycles. The fraction of sp³-hybridized carbons (Fsp3) is 0.346. The number of ether oxygens (including phenoxy) is 1. The molecule has 0 amide bonds. The largest absolute Gasteiger partial charge is 0.381 e. The molecule has 2 fully saturated rings. The quantitative estimate of drug-likeness (QED) is 0.417. The van der Waals surface area contributed by atoms with Crippen LogP contribution in [0.3, 0.4) is 0 Å². The van der Waals surface area contributed by atoms with Crippen molar-refractivity contribution in [1.29, 1.82) is 0 Å². The molecule has 0 bridgehead atoms. The third kappa shape index (κ3) is 4.63. The van der Waals surface area contributed by atoms with E-state index in [1.807, 2.05) is 30.1 Å². The molecule has 1 aromatic carbocycles. The Labute approximate surface area is 195 Å². The van der Waals surface area contributed by atoms with E-state index in [-0.39, 0.29) is 17.2 Å². The minimum atomic E-state index is -0.663. The molecule has 8 heteroatoms. The summed E-state index contributed by atoms with van der Waals surface area (Å²) in [6, 6.07) is 9.71. The highest BCUT2D eigenvalue weighted by Gasteiger charge is 2.23. The van der Waals surface area contributed by atoms with E-state index in [1.165, 1.54) is 25.0 Å². The van der Waals surface area contributed by atoms with Gasteiger partial charge >= 0.3 is 0 Å². The molecule has 0 atom stereocenters. The molecule has 1 saturated carbocycles. The fourth-order valence-corrected chi connectivity index (χ4v) is 4.32. The van der Waals surface area contributed by atoms with Gasteiger partial charge in [0.1, 0.15) is 17.2 Å². The third-order valence-corrected chi connectivity index (χ3v) is 6.28. The van der Waals surface area contributed by atoms with E-state index < -0.39 is 11.6 Å². The average molecular weight is 465 g/mol. The van der Waals surface area contributed by atoms with Gasteiger partial charge < -0.3 is 9.30 Å². The van der Waals surface area contributed by atoms with Gasteiger partial charge in [-0.1, -0.05) is 6.07 Å². The summed E-state index contributed by atoms with van der Waals surface area (Å²) in [6.07, 6.45) is 9.60. The summed E-state index contributed by atoms with van der Waals surface area (Å²) < 4.78 is 36.8. The maximum absolute atomic E-state index is 14.5. The van der Waals surface area contributed by atoms with E-state index in [1.54, 1.807) is 22.9 Å². The number of fused-ring (bicyclic) bond motifs is 1. The van der Waals surface area contributed by atoms with Gasteiger partial charge in [-0.05, 0) is 56.9 Å². The molecule has 1 aliphatic heterocycles. The molecular formula is C26H26F2N4O2. The maximum atomic E-state index is 14.5. The average Bonchev–Trinajstić information content (AvgIpc) is 3.55. The first-order valence-corrected chi connectivity index (χ1v) is 11.6. The van der Waals surface area contributed by atoms with Crippen LogP contribution >= 0.6 is 0 Å². The Hall–Kier alpha value is -3.39. The molecule has 0 spiro atoms. The Morgan fingerprint density at radius 3 is 2.47 bits per heavy atom. The molecule has 2 aliphatic rings. The predicted molar refractivity (Wildman–Crippen MR) is 126 cm³/mol. The van der Waals surface area contributed by atoms with Crippen LogP contribution in [0, 0.1) is 18.6 Å². The Balaban J connectivity index is 0.000000252. The van der Waals surface area contributed by atoms with E-state index in [9.17, 15) is 13.6 Å². The third-order valence-electron chi connectivity index (χ3n) is 6.28. The number of hydrogen-bond acceptors (Lipinski definition) is 4. The number of aryl methyl sites for hydroxylation is 1. The Morgan fingerprint density at radius 2 is 1.79 bits per heavy atom. The van der Waals surface area contributed by atoms with Crippen LogP contribution in [0.2, 0.25) is 0 Å². The zero-order valence-electron chi connectivity index (χ0n) is 19.0. The highest BCUT2D eigenvalue weighted by Crippen LogP contribution is 2.33. The lowest BCUT2D eigenvalue weighted by atomic mass is 10.0. The van der Waals surface area contributed by atoms with Crippen molar-refractivity contribution < 1.29 is 13.5 Å². The SMILES string of the molecule is Cc1ccc2c(-c3ccc(F)cc3F)cn(C3CCOCC3)c(=O)c2n1.c1cnn(C2CC2)c1. The molecule has 34 heavy (non-hydrogen) atoms. The van der Waals surface area contributed by atoms with Crippen LogP contribution < -0.4 is 5.56 Å². The topological polar surface area (TPSA) is 61.9 Å². The summed E-state index contributed by atoms with van der Waals surface area (Å²) in [5, 5.41) is 4.66. The second-order valence-electron chi connectivity index (χ2n) is 8.79. The number of pyridine rings is 2. The Morgan fingerprint density at radius 1 is 1.00 bits per heavy atom. The number of benzene rings is 1. The highest BCUT2D eigenvalue weighted by atomic mass is 19.1. The molecule has 0 N–H and O–H groups in total. The van der Waals surface area contributed by atoms with Gasteiger partial charge in [0.15, 0.2) is 0 Å². The molecule has 1 aliphatic carbocycles. The van der Waals surface area contributed by atoms with Gasteiger partial charge in [0.05, 0.1) is 6.04 Å². The van der Waals surface area contributed by atoms with Crippen LogP contribution in [0.15, 0.2) is 59.8 Å². The lowest BCUT2D eigenvalue weighted by Crippen LogP contribution is -2.29. The van der Waals surface area contributed by atoms with Gasteiger partial charge in [0.2, 0.25) is 0 Å². The summed E-state index contributed by atoms with van der Waals surface area (Å²) in [6.45, 7) is 2.97. The van der Waals surface area contributed by atoms with Crippen molar-refractivity contribution >= 4 is 10.9 Å². The summed E-state index contributed by atoms with van der Waals surface area (Å²) in [5.74, 6) is -1.30. The van der Waals surface area contributed by atoms with Crippen molar-refractivity contribution in [2.24, 2.45) is 0 Å². The van der Waals surface area contributed by atoms with Gasteiger partial charge in [-0.15, -0.1) is 0 Å². The number of aromatic nitrogens is 4.